The molecule has 1 aliphatic rings. The van der Waals surface area contributed by atoms with E-state index in [-0.39, 0.29) is 11.5 Å². The lowest BCUT2D eigenvalue weighted by molar-refractivity contribution is 0.208. The van der Waals surface area contributed by atoms with Crippen molar-refractivity contribution >= 4 is 35.0 Å². The van der Waals surface area contributed by atoms with Crippen LogP contribution in [0.4, 0.5) is 0 Å². The predicted molar refractivity (Wildman–Crippen MR) is 81.7 cm³/mol. The van der Waals surface area contributed by atoms with E-state index >= 15 is 0 Å². The molecule has 4 heteroatoms. The van der Waals surface area contributed by atoms with Crippen molar-refractivity contribution in [3.63, 3.8) is 0 Å². The molecule has 0 radical (unpaired) electrons. The highest BCUT2D eigenvalue weighted by Crippen LogP contribution is 2.43. The highest BCUT2D eigenvalue weighted by atomic mass is 35.5. The Morgan fingerprint density at radius 1 is 1.33 bits per heavy atom. The third-order valence-electron chi connectivity index (χ3n) is 3.78. The number of rotatable bonds is 2. The lowest BCUT2D eigenvalue weighted by Gasteiger charge is -2.41. The van der Waals surface area contributed by atoms with Gasteiger partial charge in [0.25, 0.3) is 0 Å². The van der Waals surface area contributed by atoms with Gasteiger partial charge in [0, 0.05) is 21.2 Å². The van der Waals surface area contributed by atoms with Gasteiger partial charge in [-0.2, -0.15) is 0 Å². The molecular formula is C14H19Cl2NS. The summed E-state index contributed by atoms with van der Waals surface area (Å²) in [6.07, 6.45) is 3.59. The number of halogens is 2. The summed E-state index contributed by atoms with van der Waals surface area (Å²) in [4.78, 5) is 1.04. The largest absolute Gasteiger partial charge is 0.326 e. The topological polar surface area (TPSA) is 26.0 Å². The van der Waals surface area contributed by atoms with Crippen molar-refractivity contribution < 1.29 is 0 Å². The van der Waals surface area contributed by atoms with Gasteiger partial charge in [0.1, 0.15) is 0 Å². The lowest BCUT2D eigenvalue weighted by atomic mass is 9.73. The van der Waals surface area contributed by atoms with E-state index in [0.29, 0.717) is 5.25 Å². The molecule has 1 fully saturated rings. The van der Waals surface area contributed by atoms with Crippen molar-refractivity contribution in [1.29, 1.82) is 0 Å². The molecule has 18 heavy (non-hydrogen) atoms. The minimum atomic E-state index is 0.200. The summed E-state index contributed by atoms with van der Waals surface area (Å²) in [7, 11) is 0. The summed E-state index contributed by atoms with van der Waals surface area (Å²) in [5.74, 6) is 0. The Hall–Kier alpha value is 0.110. The molecule has 1 nitrogen and oxygen atoms in total. The summed E-state index contributed by atoms with van der Waals surface area (Å²) < 4.78 is 0. The molecular weight excluding hydrogens is 285 g/mol. The first-order valence-electron chi connectivity index (χ1n) is 6.27. The molecule has 1 saturated carbocycles. The second kappa shape index (κ2) is 5.62. The molecule has 2 unspecified atom stereocenters. The standard InChI is InChI=1S/C14H19Cl2NS/c1-14(2)7-3-4-11(13(14)17)18-12-8-9(15)5-6-10(12)16/h5-6,8,11,13H,3-4,7,17H2,1-2H3. The van der Waals surface area contributed by atoms with E-state index in [2.05, 4.69) is 13.8 Å². The highest BCUT2D eigenvalue weighted by molar-refractivity contribution is 8.00. The molecule has 0 saturated heterocycles. The van der Waals surface area contributed by atoms with Gasteiger partial charge in [0.05, 0.1) is 5.02 Å². The number of nitrogens with two attached hydrogens (primary N) is 1. The maximum absolute atomic E-state index is 6.40. The number of benzene rings is 1. The summed E-state index contributed by atoms with van der Waals surface area (Å²) in [6, 6.07) is 5.80. The minimum Gasteiger partial charge on any atom is -0.326 e. The van der Waals surface area contributed by atoms with Crippen LogP contribution >= 0.6 is 35.0 Å². The monoisotopic (exact) mass is 303 g/mol. The lowest BCUT2D eigenvalue weighted by Crippen LogP contribution is -2.48. The van der Waals surface area contributed by atoms with Crippen LogP contribution in [-0.4, -0.2) is 11.3 Å². The van der Waals surface area contributed by atoms with Crippen molar-refractivity contribution in [3.05, 3.63) is 28.2 Å². The average Bonchev–Trinajstić information content (AvgIpc) is 2.30. The number of hydrogen-bond acceptors (Lipinski definition) is 2. The van der Waals surface area contributed by atoms with E-state index in [1.165, 1.54) is 12.8 Å². The van der Waals surface area contributed by atoms with Gasteiger partial charge in [-0.1, -0.05) is 43.5 Å². The van der Waals surface area contributed by atoms with Gasteiger partial charge in [0.2, 0.25) is 0 Å². The van der Waals surface area contributed by atoms with E-state index < -0.39 is 0 Å². The molecule has 0 amide bonds. The van der Waals surface area contributed by atoms with Crippen LogP contribution in [-0.2, 0) is 0 Å². The fourth-order valence-electron chi connectivity index (χ4n) is 2.47. The molecule has 2 rings (SSSR count). The van der Waals surface area contributed by atoms with E-state index in [1.807, 2.05) is 18.2 Å². The fraction of sp³-hybridized carbons (Fsp3) is 0.571. The molecule has 2 N–H and O–H groups in total. The Morgan fingerprint density at radius 3 is 2.78 bits per heavy atom. The first kappa shape index (κ1) is 14.5. The van der Waals surface area contributed by atoms with Crippen LogP contribution in [0, 0.1) is 5.41 Å². The van der Waals surface area contributed by atoms with Crippen LogP contribution in [0.2, 0.25) is 10.0 Å². The second-order valence-corrected chi connectivity index (χ2v) is 7.76. The Bertz CT molecular complexity index is 434. The van der Waals surface area contributed by atoms with Gasteiger partial charge in [-0.3, -0.25) is 0 Å². The van der Waals surface area contributed by atoms with E-state index in [1.54, 1.807) is 11.8 Å². The molecule has 0 bridgehead atoms. The SMILES string of the molecule is CC1(C)CCCC(Sc2cc(Cl)ccc2Cl)C1N. The van der Waals surface area contributed by atoms with Crippen molar-refractivity contribution in [2.75, 3.05) is 0 Å². The van der Waals surface area contributed by atoms with E-state index in [0.717, 1.165) is 21.4 Å². The first-order valence-corrected chi connectivity index (χ1v) is 7.91. The van der Waals surface area contributed by atoms with Crippen molar-refractivity contribution in [1.82, 2.24) is 0 Å². The van der Waals surface area contributed by atoms with Crippen LogP contribution < -0.4 is 5.73 Å². The Morgan fingerprint density at radius 2 is 2.06 bits per heavy atom. The molecule has 100 valence electrons. The second-order valence-electron chi connectivity index (χ2n) is 5.64. The molecule has 0 aliphatic heterocycles. The number of thioether (sulfide) groups is 1. The van der Waals surface area contributed by atoms with Gasteiger partial charge in [-0.15, -0.1) is 11.8 Å². The third kappa shape index (κ3) is 3.16. The Balaban J connectivity index is 2.15. The maximum Gasteiger partial charge on any atom is 0.0543 e. The molecule has 2 atom stereocenters. The Kier molecular flexibility index (Phi) is 4.53. The minimum absolute atomic E-state index is 0.200. The zero-order valence-electron chi connectivity index (χ0n) is 10.7. The van der Waals surface area contributed by atoms with Crippen LogP contribution in [0.25, 0.3) is 0 Å². The van der Waals surface area contributed by atoms with Gasteiger partial charge in [-0.05, 0) is 36.5 Å². The smallest absolute Gasteiger partial charge is 0.0543 e. The van der Waals surface area contributed by atoms with Crippen LogP contribution in [0.15, 0.2) is 23.1 Å². The highest BCUT2D eigenvalue weighted by Gasteiger charge is 2.37. The van der Waals surface area contributed by atoms with Gasteiger partial charge >= 0.3 is 0 Å². The van der Waals surface area contributed by atoms with Gasteiger partial charge < -0.3 is 5.73 Å². The third-order valence-corrected chi connectivity index (χ3v) is 5.88. The van der Waals surface area contributed by atoms with Crippen molar-refractivity contribution in [2.45, 2.75) is 49.3 Å². The maximum atomic E-state index is 6.40. The van der Waals surface area contributed by atoms with E-state index in [9.17, 15) is 0 Å². The zero-order chi connectivity index (χ0) is 13.3. The van der Waals surface area contributed by atoms with Crippen LogP contribution in [0.3, 0.4) is 0 Å². The predicted octanol–water partition coefficient (Wildman–Crippen LogP) is 4.99. The van der Waals surface area contributed by atoms with Gasteiger partial charge in [0.15, 0.2) is 0 Å². The Labute approximate surface area is 123 Å². The van der Waals surface area contributed by atoms with Crippen molar-refractivity contribution in [3.8, 4) is 0 Å². The first-order chi connectivity index (χ1) is 8.40. The molecule has 0 spiro atoms. The van der Waals surface area contributed by atoms with Crippen molar-refractivity contribution in [2.24, 2.45) is 11.1 Å². The molecule has 0 heterocycles. The average molecular weight is 304 g/mol. The summed E-state index contributed by atoms with van der Waals surface area (Å²) in [5.41, 5.74) is 6.61. The molecule has 1 aliphatic carbocycles. The normalized spacial score (nSPS) is 27.2. The molecule has 1 aromatic carbocycles. The summed E-state index contributed by atoms with van der Waals surface area (Å²) in [6.45, 7) is 4.51. The fourth-order valence-corrected chi connectivity index (χ4v) is 4.46. The quantitative estimate of drug-likeness (QED) is 0.833. The molecule has 1 aromatic rings. The zero-order valence-corrected chi connectivity index (χ0v) is 13.1. The summed E-state index contributed by atoms with van der Waals surface area (Å²) in [5, 5.41) is 1.91. The molecule has 0 aromatic heterocycles. The van der Waals surface area contributed by atoms with Crippen LogP contribution in [0.1, 0.15) is 33.1 Å². The van der Waals surface area contributed by atoms with Gasteiger partial charge in [-0.25, -0.2) is 0 Å². The van der Waals surface area contributed by atoms with Crippen LogP contribution in [0.5, 0.6) is 0 Å². The summed E-state index contributed by atoms with van der Waals surface area (Å²) >= 11 is 14.0. The van der Waals surface area contributed by atoms with E-state index in [4.69, 9.17) is 28.9 Å². The number of hydrogen-bond donors (Lipinski definition) is 1.